The first kappa shape index (κ1) is 26.3. The summed E-state index contributed by atoms with van der Waals surface area (Å²) in [5, 5.41) is 19.0. The minimum Gasteiger partial charge on any atom is -0.480 e. The lowest BCUT2D eigenvalue weighted by atomic mass is 9.75. The number of carboxylic acid groups (broad SMARTS) is 1. The molecule has 1 aliphatic rings. The SMILES string of the molecule is CC(C)c1cc(C(=O)N[C@](C)(C(=O)O)C2CCCCC2)c(NC(=O)Nc2c(Cl)cccc2Cl)s1. The van der Waals surface area contributed by atoms with Gasteiger partial charge in [-0.25, -0.2) is 9.59 Å². The van der Waals surface area contributed by atoms with Gasteiger partial charge in [0, 0.05) is 4.88 Å². The second-order valence-corrected chi connectivity index (χ2v) is 10.9. The third-order valence-corrected chi connectivity index (χ3v) is 8.21. The van der Waals surface area contributed by atoms with Gasteiger partial charge in [0.15, 0.2) is 0 Å². The number of carbonyl (C=O) groups is 3. The van der Waals surface area contributed by atoms with E-state index in [0.29, 0.717) is 5.00 Å². The van der Waals surface area contributed by atoms with E-state index in [1.165, 1.54) is 11.3 Å². The van der Waals surface area contributed by atoms with Gasteiger partial charge in [0.05, 0.1) is 21.3 Å². The largest absolute Gasteiger partial charge is 0.480 e. The van der Waals surface area contributed by atoms with Gasteiger partial charge in [0.25, 0.3) is 5.91 Å². The van der Waals surface area contributed by atoms with E-state index in [9.17, 15) is 19.5 Å². The van der Waals surface area contributed by atoms with Crippen molar-refractivity contribution in [3.05, 3.63) is 44.8 Å². The first-order valence-electron chi connectivity index (χ1n) is 11.2. The Labute approximate surface area is 213 Å². The molecule has 3 rings (SSSR count). The topological polar surface area (TPSA) is 108 Å². The van der Waals surface area contributed by atoms with Crippen molar-refractivity contribution in [1.82, 2.24) is 5.32 Å². The van der Waals surface area contributed by atoms with Crippen molar-refractivity contribution >= 4 is 63.1 Å². The summed E-state index contributed by atoms with van der Waals surface area (Å²) in [7, 11) is 0. The van der Waals surface area contributed by atoms with E-state index in [1.807, 2.05) is 13.8 Å². The lowest BCUT2D eigenvalue weighted by Gasteiger charge is -2.37. The van der Waals surface area contributed by atoms with Crippen LogP contribution in [0.1, 0.15) is 74.0 Å². The van der Waals surface area contributed by atoms with Crippen LogP contribution in [0.25, 0.3) is 0 Å². The van der Waals surface area contributed by atoms with E-state index in [4.69, 9.17) is 23.2 Å². The summed E-state index contributed by atoms with van der Waals surface area (Å²) in [5.74, 6) is -1.65. The maximum absolute atomic E-state index is 13.3. The molecule has 1 aromatic carbocycles. The smallest absolute Gasteiger partial charge is 0.329 e. The lowest BCUT2D eigenvalue weighted by molar-refractivity contribution is -0.146. The fraction of sp³-hybridized carbons (Fsp3) is 0.458. The van der Waals surface area contributed by atoms with E-state index in [-0.39, 0.29) is 33.1 Å². The Morgan fingerprint density at radius 3 is 2.26 bits per heavy atom. The molecule has 1 aliphatic carbocycles. The third kappa shape index (κ3) is 5.85. The number of hydrogen-bond acceptors (Lipinski definition) is 4. The van der Waals surface area contributed by atoms with Crippen molar-refractivity contribution in [2.45, 2.75) is 64.3 Å². The Hall–Kier alpha value is -2.29. The number of urea groups is 1. The number of benzene rings is 1. The fourth-order valence-electron chi connectivity index (χ4n) is 4.13. The number of amides is 3. The molecule has 184 valence electrons. The van der Waals surface area contributed by atoms with E-state index >= 15 is 0 Å². The second kappa shape index (κ2) is 11.0. The summed E-state index contributed by atoms with van der Waals surface area (Å²) in [5.41, 5.74) is -0.926. The van der Waals surface area contributed by atoms with Gasteiger partial charge in [-0.2, -0.15) is 0 Å². The van der Waals surface area contributed by atoms with Crippen LogP contribution in [0.2, 0.25) is 10.0 Å². The van der Waals surface area contributed by atoms with Gasteiger partial charge in [-0.3, -0.25) is 10.1 Å². The third-order valence-electron chi connectivity index (χ3n) is 6.23. The van der Waals surface area contributed by atoms with Crippen molar-refractivity contribution in [1.29, 1.82) is 0 Å². The predicted octanol–water partition coefficient (Wildman–Crippen LogP) is 6.98. The number of anilines is 2. The van der Waals surface area contributed by atoms with Crippen LogP contribution in [0.15, 0.2) is 24.3 Å². The molecule has 3 amide bonds. The molecule has 0 radical (unpaired) electrons. The molecule has 0 unspecified atom stereocenters. The molecule has 1 heterocycles. The van der Waals surface area contributed by atoms with Crippen molar-refractivity contribution in [2.24, 2.45) is 5.92 Å². The minimum absolute atomic E-state index is 0.109. The zero-order valence-electron chi connectivity index (χ0n) is 19.3. The maximum atomic E-state index is 13.3. The molecule has 10 heteroatoms. The molecule has 34 heavy (non-hydrogen) atoms. The number of para-hydroxylation sites is 1. The number of carboxylic acids is 1. The van der Waals surface area contributed by atoms with Gasteiger partial charge in [-0.05, 0) is 49.8 Å². The Morgan fingerprint density at radius 1 is 1.09 bits per heavy atom. The summed E-state index contributed by atoms with van der Waals surface area (Å²) >= 11 is 13.5. The maximum Gasteiger partial charge on any atom is 0.329 e. The van der Waals surface area contributed by atoms with Crippen molar-refractivity contribution in [3.63, 3.8) is 0 Å². The standard InChI is InChI=1S/C24H29Cl2N3O4S/c1-13(2)18-12-15(20(30)29-24(3,22(31)32)14-8-5-4-6-9-14)21(34-18)28-23(33)27-19-16(25)10-7-11-17(19)26/h7,10-14H,4-6,8-9H2,1-3H3,(H,29,30)(H,31,32)(H2,27,28,33)/t24-/m0/s1. The summed E-state index contributed by atoms with van der Waals surface area (Å²) in [4.78, 5) is 39.1. The van der Waals surface area contributed by atoms with E-state index in [0.717, 1.165) is 37.0 Å². The average Bonchev–Trinajstić information content (AvgIpc) is 3.21. The molecule has 1 fully saturated rings. The van der Waals surface area contributed by atoms with Gasteiger partial charge < -0.3 is 15.7 Å². The number of rotatable bonds is 7. The molecule has 0 aliphatic heterocycles. The molecule has 4 N–H and O–H groups in total. The quantitative estimate of drug-likeness (QED) is 0.312. The molecule has 1 atom stereocenters. The van der Waals surface area contributed by atoms with Gasteiger partial charge in [-0.15, -0.1) is 11.3 Å². The summed E-state index contributed by atoms with van der Waals surface area (Å²) in [6.45, 7) is 5.52. The molecule has 1 aromatic heterocycles. The number of halogens is 2. The molecule has 1 saturated carbocycles. The lowest BCUT2D eigenvalue weighted by Crippen LogP contribution is -2.57. The summed E-state index contributed by atoms with van der Waals surface area (Å²) in [6, 6.07) is 5.95. The van der Waals surface area contributed by atoms with Crippen LogP contribution in [0, 0.1) is 5.92 Å². The number of thiophene rings is 1. The first-order chi connectivity index (χ1) is 16.0. The van der Waals surface area contributed by atoms with Gasteiger partial charge in [-0.1, -0.05) is 62.4 Å². The molecule has 0 bridgehead atoms. The van der Waals surface area contributed by atoms with Crippen LogP contribution in [0.4, 0.5) is 15.5 Å². The average molecular weight is 526 g/mol. The second-order valence-electron chi connectivity index (χ2n) is 9.02. The van der Waals surface area contributed by atoms with Gasteiger partial charge in [0.1, 0.15) is 10.5 Å². The van der Waals surface area contributed by atoms with Crippen LogP contribution in [-0.4, -0.2) is 28.6 Å². The fourth-order valence-corrected chi connectivity index (χ4v) is 5.68. The monoisotopic (exact) mass is 525 g/mol. The molecular weight excluding hydrogens is 497 g/mol. The Morgan fingerprint density at radius 2 is 1.71 bits per heavy atom. The highest BCUT2D eigenvalue weighted by Gasteiger charge is 2.43. The van der Waals surface area contributed by atoms with Crippen molar-refractivity contribution < 1.29 is 19.5 Å². The Bertz CT molecular complexity index is 1060. The highest BCUT2D eigenvalue weighted by molar-refractivity contribution is 7.16. The van der Waals surface area contributed by atoms with Gasteiger partial charge in [0.2, 0.25) is 0 Å². The Balaban J connectivity index is 1.85. The predicted molar refractivity (Wildman–Crippen MR) is 138 cm³/mol. The van der Waals surface area contributed by atoms with Crippen LogP contribution in [0.3, 0.4) is 0 Å². The van der Waals surface area contributed by atoms with Crippen LogP contribution < -0.4 is 16.0 Å². The van der Waals surface area contributed by atoms with E-state index < -0.39 is 23.4 Å². The number of nitrogens with one attached hydrogen (secondary N) is 3. The number of carbonyl (C=O) groups excluding carboxylic acids is 2. The normalized spacial score (nSPS) is 16.1. The van der Waals surface area contributed by atoms with Crippen molar-refractivity contribution in [2.75, 3.05) is 10.6 Å². The van der Waals surface area contributed by atoms with Crippen LogP contribution in [0.5, 0.6) is 0 Å². The Kier molecular flexibility index (Phi) is 8.49. The molecule has 2 aromatic rings. The summed E-state index contributed by atoms with van der Waals surface area (Å²) < 4.78 is 0. The highest BCUT2D eigenvalue weighted by atomic mass is 35.5. The van der Waals surface area contributed by atoms with Crippen molar-refractivity contribution in [3.8, 4) is 0 Å². The summed E-state index contributed by atoms with van der Waals surface area (Å²) in [6.07, 6.45) is 4.45. The first-order valence-corrected chi connectivity index (χ1v) is 12.8. The zero-order chi connectivity index (χ0) is 25.0. The number of hydrogen-bond donors (Lipinski definition) is 4. The van der Waals surface area contributed by atoms with Gasteiger partial charge >= 0.3 is 12.0 Å². The molecule has 7 nitrogen and oxygen atoms in total. The highest BCUT2D eigenvalue weighted by Crippen LogP contribution is 2.36. The van der Waals surface area contributed by atoms with Crippen LogP contribution in [-0.2, 0) is 4.79 Å². The molecular formula is C24H29Cl2N3O4S. The zero-order valence-corrected chi connectivity index (χ0v) is 21.7. The molecule has 0 spiro atoms. The minimum atomic E-state index is -1.40. The van der Waals surface area contributed by atoms with E-state index in [1.54, 1.807) is 31.2 Å². The number of aliphatic carboxylic acids is 1. The molecule has 0 saturated heterocycles. The van der Waals surface area contributed by atoms with Crippen LogP contribution >= 0.6 is 34.5 Å². The van der Waals surface area contributed by atoms with E-state index in [2.05, 4.69) is 16.0 Å².